The molecule has 0 aliphatic heterocycles. The van der Waals surface area contributed by atoms with Crippen LogP contribution in [0.2, 0.25) is 0 Å². The molecule has 0 radical (unpaired) electrons. The van der Waals surface area contributed by atoms with Crippen molar-refractivity contribution in [2.75, 3.05) is 5.32 Å². The summed E-state index contributed by atoms with van der Waals surface area (Å²) >= 11 is 1.26. The fraction of sp³-hybridized carbons (Fsp3) is 0.0625. The van der Waals surface area contributed by atoms with Gasteiger partial charge in [0.05, 0.1) is 16.1 Å². The van der Waals surface area contributed by atoms with Crippen molar-refractivity contribution < 1.29 is 18.0 Å². The average molecular weight is 349 g/mol. The number of anilines is 1. The van der Waals surface area contributed by atoms with Gasteiger partial charge in [0.25, 0.3) is 5.91 Å². The molecular formula is C16H10F3N3OS. The summed E-state index contributed by atoms with van der Waals surface area (Å²) in [5.74, 6) is -0.338. The van der Waals surface area contributed by atoms with Gasteiger partial charge < -0.3 is 0 Å². The van der Waals surface area contributed by atoms with Gasteiger partial charge in [0, 0.05) is 11.8 Å². The molecule has 2 heterocycles. The third-order valence-electron chi connectivity index (χ3n) is 3.11. The van der Waals surface area contributed by atoms with Crippen molar-refractivity contribution in [3.63, 3.8) is 0 Å². The van der Waals surface area contributed by atoms with Crippen molar-refractivity contribution in [1.29, 1.82) is 0 Å². The Hall–Kier alpha value is -2.74. The summed E-state index contributed by atoms with van der Waals surface area (Å²) in [4.78, 5) is 20.5. The maximum atomic E-state index is 12.8. The van der Waals surface area contributed by atoms with Gasteiger partial charge in [0.1, 0.15) is 0 Å². The van der Waals surface area contributed by atoms with E-state index < -0.39 is 11.7 Å². The van der Waals surface area contributed by atoms with Crippen LogP contribution < -0.4 is 5.32 Å². The smallest absolute Gasteiger partial charge is 0.290 e. The molecule has 0 fully saturated rings. The molecule has 8 heteroatoms. The molecule has 3 rings (SSSR count). The summed E-state index contributed by atoms with van der Waals surface area (Å²) in [6.45, 7) is 0. The lowest BCUT2D eigenvalue weighted by Crippen LogP contribution is -2.12. The molecule has 1 aromatic carbocycles. The van der Waals surface area contributed by atoms with Gasteiger partial charge in [-0.2, -0.15) is 13.2 Å². The van der Waals surface area contributed by atoms with E-state index in [1.807, 2.05) is 0 Å². The third kappa shape index (κ3) is 3.60. The van der Waals surface area contributed by atoms with Crippen molar-refractivity contribution in [1.82, 2.24) is 9.97 Å². The summed E-state index contributed by atoms with van der Waals surface area (Å²) in [5.41, 5.74) is -0.181. The van der Waals surface area contributed by atoms with Crippen LogP contribution in [0.15, 0.2) is 54.0 Å². The number of thiophene rings is 1. The molecule has 0 unspecified atom stereocenters. The van der Waals surface area contributed by atoms with Crippen molar-refractivity contribution in [2.45, 2.75) is 6.18 Å². The van der Waals surface area contributed by atoms with Crippen LogP contribution in [-0.2, 0) is 6.18 Å². The highest BCUT2D eigenvalue weighted by molar-refractivity contribution is 7.12. The Morgan fingerprint density at radius 3 is 2.67 bits per heavy atom. The molecule has 3 aromatic rings. The van der Waals surface area contributed by atoms with Gasteiger partial charge in [-0.3, -0.25) is 10.1 Å². The minimum absolute atomic E-state index is 0.0308. The average Bonchev–Trinajstić information content (AvgIpc) is 3.09. The molecule has 122 valence electrons. The lowest BCUT2D eigenvalue weighted by Gasteiger charge is -2.09. The van der Waals surface area contributed by atoms with Gasteiger partial charge in [0.2, 0.25) is 5.95 Å². The molecule has 1 N–H and O–H groups in total. The highest BCUT2D eigenvalue weighted by Gasteiger charge is 2.30. The fourth-order valence-corrected chi connectivity index (χ4v) is 2.62. The molecule has 2 aromatic heterocycles. The van der Waals surface area contributed by atoms with Crippen LogP contribution in [0.3, 0.4) is 0 Å². The minimum atomic E-state index is -4.43. The standard InChI is InChI=1S/C16H10F3N3OS/c17-16(18,19)11-4-1-3-10(9-11)12-6-7-20-15(21-12)22-14(23)13-5-2-8-24-13/h1-9H,(H,20,21,22,23). The van der Waals surface area contributed by atoms with E-state index in [9.17, 15) is 18.0 Å². The first-order valence-electron chi connectivity index (χ1n) is 6.79. The molecule has 0 aliphatic rings. The molecule has 1 amide bonds. The van der Waals surface area contributed by atoms with Gasteiger partial charge in [-0.15, -0.1) is 11.3 Å². The summed E-state index contributed by atoms with van der Waals surface area (Å²) in [6, 6.07) is 9.69. The number of alkyl halides is 3. The zero-order chi connectivity index (χ0) is 17.2. The topological polar surface area (TPSA) is 54.9 Å². The second-order valence-corrected chi connectivity index (χ2v) is 5.72. The lowest BCUT2D eigenvalue weighted by molar-refractivity contribution is -0.137. The Labute approximate surface area is 139 Å². The quantitative estimate of drug-likeness (QED) is 0.759. The van der Waals surface area contributed by atoms with Gasteiger partial charge >= 0.3 is 6.18 Å². The van der Waals surface area contributed by atoms with Gasteiger partial charge in [-0.05, 0) is 29.6 Å². The number of carbonyl (C=O) groups excluding carboxylic acids is 1. The van der Waals surface area contributed by atoms with Crippen LogP contribution in [0.5, 0.6) is 0 Å². The molecule has 0 saturated carbocycles. The maximum Gasteiger partial charge on any atom is 0.416 e. The van der Waals surface area contributed by atoms with Gasteiger partial charge in [-0.1, -0.05) is 18.2 Å². The third-order valence-corrected chi connectivity index (χ3v) is 3.98. The SMILES string of the molecule is O=C(Nc1nccc(-c2cccc(C(F)(F)F)c2)n1)c1cccs1. The molecule has 0 saturated heterocycles. The van der Waals surface area contributed by atoms with E-state index in [4.69, 9.17) is 0 Å². The van der Waals surface area contributed by atoms with E-state index in [2.05, 4.69) is 15.3 Å². The molecule has 0 aliphatic carbocycles. The van der Waals surface area contributed by atoms with Crippen LogP contribution >= 0.6 is 11.3 Å². The summed E-state index contributed by atoms with van der Waals surface area (Å²) in [5, 5.41) is 4.29. The fourth-order valence-electron chi connectivity index (χ4n) is 2.01. The number of hydrogen-bond donors (Lipinski definition) is 1. The first-order valence-corrected chi connectivity index (χ1v) is 7.67. The minimum Gasteiger partial charge on any atom is -0.290 e. The number of aromatic nitrogens is 2. The Balaban J connectivity index is 1.87. The number of hydrogen-bond acceptors (Lipinski definition) is 4. The van der Waals surface area contributed by atoms with Gasteiger partial charge in [0.15, 0.2) is 0 Å². The van der Waals surface area contributed by atoms with E-state index >= 15 is 0 Å². The van der Waals surface area contributed by atoms with Crippen molar-refractivity contribution >= 4 is 23.2 Å². The van der Waals surface area contributed by atoms with E-state index in [-0.39, 0.29) is 17.5 Å². The molecular weight excluding hydrogens is 339 g/mol. The summed E-state index contributed by atoms with van der Waals surface area (Å²) in [7, 11) is 0. The van der Waals surface area contributed by atoms with Crippen molar-refractivity contribution in [3.05, 3.63) is 64.5 Å². The van der Waals surface area contributed by atoms with E-state index in [0.717, 1.165) is 12.1 Å². The number of halogens is 3. The zero-order valence-corrected chi connectivity index (χ0v) is 12.9. The van der Waals surface area contributed by atoms with Crippen LogP contribution in [-0.4, -0.2) is 15.9 Å². The molecule has 0 spiro atoms. The van der Waals surface area contributed by atoms with Gasteiger partial charge in [-0.25, -0.2) is 9.97 Å². The first-order chi connectivity index (χ1) is 11.4. The number of carbonyl (C=O) groups is 1. The second-order valence-electron chi connectivity index (χ2n) is 4.78. The zero-order valence-electron chi connectivity index (χ0n) is 12.0. The Kier molecular flexibility index (Phi) is 4.30. The molecule has 4 nitrogen and oxygen atoms in total. The Bertz CT molecular complexity index is 863. The molecule has 0 atom stereocenters. The van der Waals surface area contributed by atoms with Crippen molar-refractivity contribution in [3.8, 4) is 11.3 Å². The predicted octanol–water partition coefficient (Wildman–Crippen LogP) is 4.48. The summed E-state index contributed by atoms with van der Waals surface area (Å²) in [6.07, 6.45) is -3.05. The number of amides is 1. The van der Waals surface area contributed by atoms with Crippen molar-refractivity contribution in [2.24, 2.45) is 0 Å². The van der Waals surface area contributed by atoms with E-state index in [0.29, 0.717) is 10.4 Å². The monoisotopic (exact) mass is 349 g/mol. The lowest BCUT2D eigenvalue weighted by atomic mass is 10.1. The van der Waals surface area contributed by atoms with E-state index in [1.165, 1.54) is 35.7 Å². The number of nitrogens with one attached hydrogen (secondary N) is 1. The molecule has 0 bridgehead atoms. The second kappa shape index (κ2) is 6.40. The highest BCUT2D eigenvalue weighted by atomic mass is 32.1. The predicted molar refractivity (Wildman–Crippen MR) is 84.7 cm³/mol. The van der Waals surface area contributed by atoms with Crippen LogP contribution in [0, 0.1) is 0 Å². The van der Waals surface area contributed by atoms with Crippen LogP contribution in [0.1, 0.15) is 15.2 Å². The van der Waals surface area contributed by atoms with Crippen LogP contribution in [0.4, 0.5) is 19.1 Å². The van der Waals surface area contributed by atoms with Crippen LogP contribution in [0.25, 0.3) is 11.3 Å². The normalized spacial score (nSPS) is 11.3. The number of rotatable bonds is 3. The maximum absolute atomic E-state index is 12.8. The molecule has 24 heavy (non-hydrogen) atoms. The summed E-state index contributed by atoms with van der Waals surface area (Å²) < 4.78 is 38.4. The number of benzene rings is 1. The largest absolute Gasteiger partial charge is 0.416 e. The van der Waals surface area contributed by atoms with E-state index in [1.54, 1.807) is 17.5 Å². The number of nitrogens with zero attached hydrogens (tertiary/aromatic N) is 2. The highest BCUT2D eigenvalue weighted by Crippen LogP contribution is 2.31. The Morgan fingerprint density at radius 1 is 1.12 bits per heavy atom. The Morgan fingerprint density at radius 2 is 1.96 bits per heavy atom. The first kappa shape index (κ1) is 16.1.